The quantitative estimate of drug-likeness (QED) is 0.680. The second kappa shape index (κ2) is 8.21. The smallest absolute Gasteiger partial charge is 0.345 e. The Hall–Kier alpha value is -1.14. The normalized spacial score (nSPS) is 14.4. The third-order valence-corrected chi connectivity index (χ3v) is 3.60. The number of aryl methyl sites for hydroxylation is 1. The summed E-state index contributed by atoms with van der Waals surface area (Å²) in [6.45, 7) is 6.77. The van der Waals surface area contributed by atoms with Crippen LogP contribution in [0, 0.1) is 0 Å². The number of fused-ring (bicyclic) bond motifs is 1. The van der Waals surface area contributed by atoms with Crippen LogP contribution in [-0.2, 0) is 24.2 Å². The van der Waals surface area contributed by atoms with Crippen molar-refractivity contribution in [1.29, 1.82) is 0 Å². The van der Waals surface area contributed by atoms with Crippen molar-refractivity contribution in [2.45, 2.75) is 52.1 Å². The third-order valence-electron chi connectivity index (χ3n) is 3.60. The number of aromatic nitrogens is 3. The van der Waals surface area contributed by atoms with Crippen molar-refractivity contribution in [1.82, 2.24) is 19.7 Å². The molecule has 0 aliphatic carbocycles. The van der Waals surface area contributed by atoms with Crippen LogP contribution in [0.3, 0.4) is 0 Å². The summed E-state index contributed by atoms with van der Waals surface area (Å²) >= 11 is 0. The molecule has 0 spiro atoms. The molecule has 6 nitrogen and oxygen atoms in total. The zero-order valence-electron chi connectivity index (χ0n) is 12.4. The summed E-state index contributed by atoms with van der Waals surface area (Å²) in [7, 11) is 0. The molecule has 1 aliphatic heterocycles. The minimum Gasteiger partial charge on any atom is -0.380 e. The van der Waals surface area contributed by atoms with Gasteiger partial charge >= 0.3 is 5.69 Å². The fourth-order valence-corrected chi connectivity index (χ4v) is 2.40. The van der Waals surface area contributed by atoms with E-state index in [1.807, 2.05) is 4.57 Å². The molecule has 0 unspecified atom stereocenters. The molecule has 1 aromatic heterocycles. The summed E-state index contributed by atoms with van der Waals surface area (Å²) in [5, 5.41) is 7.69. The number of nitrogens with zero attached hydrogens (tertiary/aromatic N) is 3. The van der Waals surface area contributed by atoms with E-state index in [0.717, 1.165) is 64.4 Å². The Morgan fingerprint density at radius 2 is 2.20 bits per heavy atom. The van der Waals surface area contributed by atoms with Crippen molar-refractivity contribution < 1.29 is 4.74 Å². The Morgan fingerprint density at radius 1 is 1.30 bits per heavy atom. The standard InChI is InChI=1S/C14H26N4O2/c1-2-3-11-20-12-8-15-7-10-18-14(19)17-9-5-4-6-13(17)16-18/h15H,2-12H2,1H3. The Labute approximate surface area is 120 Å². The van der Waals surface area contributed by atoms with Crippen LogP contribution < -0.4 is 11.0 Å². The molecule has 0 amide bonds. The lowest BCUT2D eigenvalue weighted by Crippen LogP contribution is -2.31. The number of ether oxygens (including phenoxy) is 1. The van der Waals surface area contributed by atoms with Crippen molar-refractivity contribution in [2.75, 3.05) is 26.3 Å². The molecule has 0 radical (unpaired) electrons. The van der Waals surface area contributed by atoms with E-state index >= 15 is 0 Å². The van der Waals surface area contributed by atoms with E-state index < -0.39 is 0 Å². The van der Waals surface area contributed by atoms with Crippen LogP contribution in [0.1, 0.15) is 38.4 Å². The van der Waals surface area contributed by atoms with Gasteiger partial charge < -0.3 is 10.1 Å². The summed E-state index contributed by atoms with van der Waals surface area (Å²) in [4.78, 5) is 12.1. The lowest BCUT2D eigenvalue weighted by molar-refractivity contribution is 0.133. The highest BCUT2D eigenvalue weighted by molar-refractivity contribution is 4.91. The van der Waals surface area contributed by atoms with Crippen molar-refractivity contribution in [2.24, 2.45) is 0 Å². The van der Waals surface area contributed by atoms with Gasteiger partial charge in [0.05, 0.1) is 13.2 Å². The number of rotatable bonds is 9. The average Bonchev–Trinajstić information content (AvgIpc) is 2.79. The molecule has 0 atom stereocenters. The van der Waals surface area contributed by atoms with Crippen LogP contribution in [0.4, 0.5) is 0 Å². The Morgan fingerprint density at radius 3 is 3.00 bits per heavy atom. The topological polar surface area (TPSA) is 61.1 Å². The van der Waals surface area contributed by atoms with Gasteiger partial charge in [-0.05, 0) is 19.3 Å². The maximum atomic E-state index is 12.1. The zero-order valence-corrected chi connectivity index (χ0v) is 12.4. The van der Waals surface area contributed by atoms with Crippen LogP contribution in [0.5, 0.6) is 0 Å². The number of hydrogen-bond acceptors (Lipinski definition) is 4. The minimum atomic E-state index is 0.0423. The molecule has 2 heterocycles. The average molecular weight is 282 g/mol. The second-order valence-corrected chi connectivity index (χ2v) is 5.25. The highest BCUT2D eigenvalue weighted by Gasteiger charge is 2.15. The molecule has 20 heavy (non-hydrogen) atoms. The lowest BCUT2D eigenvalue weighted by atomic mass is 10.2. The molecule has 1 N–H and O–H groups in total. The number of unbranched alkanes of at least 4 members (excludes halogenated alkanes) is 1. The summed E-state index contributed by atoms with van der Waals surface area (Å²) in [6.07, 6.45) is 5.45. The van der Waals surface area contributed by atoms with Gasteiger partial charge in [-0.25, -0.2) is 9.48 Å². The molecule has 6 heteroatoms. The largest absolute Gasteiger partial charge is 0.380 e. The summed E-state index contributed by atoms with van der Waals surface area (Å²) in [5.74, 6) is 0.948. The minimum absolute atomic E-state index is 0.0423. The molecule has 0 saturated heterocycles. The van der Waals surface area contributed by atoms with E-state index in [-0.39, 0.29) is 5.69 Å². The van der Waals surface area contributed by atoms with Crippen molar-refractivity contribution in [3.8, 4) is 0 Å². The second-order valence-electron chi connectivity index (χ2n) is 5.25. The monoisotopic (exact) mass is 282 g/mol. The molecule has 1 aromatic rings. The maximum Gasteiger partial charge on any atom is 0.345 e. The fraction of sp³-hybridized carbons (Fsp3) is 0.857. The van der Waals surface area contributed by atoms with E-state index in [1.54, 1.807) is 4.68 Å². The van der Waals surface area contributed by atoms with Crippen LogP contribution >= 0.6 is 0 Å². The molecular formula is C14H26N4O2. The molecule has 0 bridgehead atoms. The lowest BCUT2D eigenvalue weighted by Gasteiger charge is -2.09. The summed E-state index contributed by atoms with van der Waals surface area (Å²) in [5.41, 5.74) is 0.0423. The van der Waals surface area contributed by atoms with E-state index in [4.69, 9.17) is 4.74 Å². The van der Waals surface area contributed by atoms with Crippen molar-refractivity contribution in [3.63, 3.8) is 0 Å². The van der Waals surface area contributed by atoms with E-state index in [0.29, 0.717) is 6.54 Å². The first-order valence-corrected chi connectivity index (χ1v) is 7.78. The Balaban J connectivity index is 1.65. The third kappa shape index (κ3) is 4.18. The van der Waals surface area contributed by atoms with Gasteiger partial charge in [-0.1, -0.05) is 13.3 Å². The van der Waals surface area contributed by atoms with Crippen LogP contribution in [0.25, 0.3) is 0 Å². The van der Waals surface area contributed by atoms with Crippen LogP contribution in [0.15, 0.2) is 4.79 Å². The van der Waals surface area contributed by atoms with E-state index in [9.17, 15) is 4.79 Å². The molecule has 2 rings (SSSR count). The Bertz CT molecular complexity index is 453. The van der Waals surface area contributed by atoms with Crippen molar-refractivity contribution in [3.05, 3.63) is 16.3 Å². The summed E-state index contributed by atoms with van der Waals surface area (Å²) < 4.78 is 8.87. The molecular weight excluding hydrogens is 256 g/mol. The van der Waals surface area contributed by atoms with Gasteiger partial charge in [-0.2, -0.15) is 5.10 Å². The SMILES string of the molecule is CCCCOCCNCCn1nc2n(c1=O)CCCC2. The van der Waals surface area contributed by atoms with Gasteiger partial charge in [0, 0.05) is 32.7 Å². The van der Waals surface area contributed by atoms with Crippen molar-refractivity contribution >= 4 is 0 Å². The first-order valence-electron chi connectivity index (χ1n) is 7.78. The summed E-state index contributed by atoms with van der Waals surface area (Å²) in [6, 6.07) is 0. The highest BCUT2D eigenvalue weighted by Crippen LogP contribution is 2.08. The van der Waals surface area contributed by atoms with Gasteiger partial charge in [-0.15, -0.1) is 0 Å². The van der Waals surface area contributed by atoms with Gasteiger partial charge in [0.1, 0.15) is 5.82 Å². The molecule has 1 aliphatic rings. The number of hydrogen-bond donors (Lipinski definition) is 1. The predicted octanol–water partition coefficient (Wildman–Crippen LogP) is 0.787. The van der Waals surface area contributed by atoms with Gasteiger partial charge in [0.15, 0.2) is 0 Å². The van der Waals surface area contributed by atoms with E-state index in [2.05, 4.69) is 17.3 Å². The van der Waals surface area contributed by atoms with Gasteiger partial charge in [-0.3, -0.25) is 4.57 Å². The zero-order chi connectivity index (χ0) is 14.2. The first-order chi connectivity index (χ1) is 9.83. The molecule has 0 saturated carbocycles. The molecule has 0 fully saturated rings. The predicted molar refractivity (Wildman–Crippen MR) is 78.0 cm³/mol. The Kier molecular flexibility index (Phi) is 6.26. The van der Waals surface area contributed by atoms with E-state index in [1.165, 1.54) is 6.42 Å². The maximum absolute atomic E-state index is 12.1. The van der Waals surface area contributed by atoms with Gasteiger partial charge in [0.25, 0.3) is 0 Å². The fourth-order valence-electron chi connectivity index (χ4n) is 2.40. The molecule has 114 valence electrons. The van der Waals surface area contributed by atoms with Crippen LogP contribution in [-0.4, -0.2) is 40.7 Å². The van der Waals surface area contributed by atoms with Crippen LogP contribution in [0.2, 0.25) is 0 Å². The number of nitrogens with one attached hydrogen (secondary N) is 1. The molecule has 0 aromatic carbocycles. The highest BCUT2D eigenvalue weighted by atomic mass is 16.5. The first kappa shape index (κ1) is 15.3. The van der Waals surface area contributed by atoms with Gasteiger partial charge in [0.2, 0.25) is 0 Å².